The van der Waals surface area contributed by atoms with Crippen LogP contribution >= 0.6 is 0 Å². The minimum atomic E-state index is 0.0125. The number of rotatable bonds is 8. The molecule has 2 aliphatic carbocycles. The fourth-order valence-corrected chi connectivity index (χ4v) is 3.12. The zero-order chi connectivity index (χ0) is 17.6. The largest absolute Gasteiger partial charge is 0.343 e. The molecule has 25 heavy (non-hydrogen) atoms. The van der Waals surface area contributed by atoms with E-state index in [1.165, 1.54) is 12.8 Å². The monoisotopic (exact) mass is 334 g/mol. The summed E-state index contributed by atoms with van der Waals surface area (Å²) in [6, 6.07) is 3.87. The molecule has 2 aliphatic rings. The Bertz CT molecular complexity index is 744. The molecule has 3 nitrogen and oxygen atoms in total. The molecule has 1 amide bonds. The van der Waals surface area contributed by atoms with Crippen molar-refractivity contribution in [2.75, 3.05) is 6.54 Å². The quantitative estimate of drug-likeness (QED) is 0.623. The second kappa shape index (κ2) is 8.02. The molecule has 0 radical (unpaired) electrons. The third-order valence-electron chi connectivity index (χ3n) is 4.67. The summed E-state index contributed by atoms with van der Waals surface area (Å²) >= 11 is 0. The second-order valence-corrected chi connectivity index (χ2v) is 6.67. The van der Waals surface area contributed by atoms with Gasteiger partial charge in [0, 0.05) is 18.4 Å². The Morgan fingerprint density at radius 2 is 2.16 bits per heavy atom. The molecule has 130 valence electrons. The molecule has 0 atom stereocenters. The summed E-state index contributed by atoms with van der Waals surface area (Å²) in [4.78, 5) is 15.1. The summed E-state index contributed by atoms with van der Waals surface area (Å²) in [7, 11) is 0. The normalized spacial score (nSPS) is 17.1. The van der Waals surface area contributed by atoms with Gasteiger partial charge in [0.1, 0.15) is 5.69 Å². The SMILES string of the molecule is C=C/C=C(\C=C)N(CC1=CCCC=C1)C(=O)c1cccn1CC1CC1. The molecule has 3 rings (SSSR count). The van der Waals surface area contributed by atoms with Crippen LogP contribution in [-0.4, -0.2) is 21.9 Å². The molecule has 1 aromatic rings. The predicted molar refractivity (Wildman–Crippen MR) is 103 cm³/mol. The van der Waals surface area contributed by atoms with E-state index < -0.39 is 0 Å². The van der Waals surface area contributed by atoms with Gasteiger partial charge >= 0.3 is 0 Å². The Labute approximate surface area is 150 Å². The van der Waals surface area contributed by atoms with E-state index in [0.717, 1.165) is 42.3 Å². The van der Waals surface area contributed by atoms with Gasteiger partial charge < -0.3 is 9.47 Å². The average molecular weight is 334 g/mol. The molecule has 1 fully saturated rings. The number of carbonyl (C=O) groups is 1. The summed E-state index contributed by atoms with van der Waals surface area (Å²) in [5.41, 5.74) is 2.68. The number of amides is 1. The molecule has 0 bridgehead atoms. The fourth-order valence-electron chi connectivity index (χ4n) is 3.12. The molecule has 1 aromatic heterocycles. The molecule has 0 saturated heterocycles. The van der Waals surface area contributed by atoms with Gasteiger partial charge in [-0.25, -0.2) is 0 Å². The first kappa shape index (κ1) is 17.3. The highest BCUT2D eigenvalue weighted by molar-refractivity contribution is 5.94. The van der Waals surface area contributed by atoms with Crippen molar-refractivity contribution in [3.63, 3.8) is 0 Å². The third kappa shape index (κ3) is 4.30. The molecule has 3 heteroatoms. The number of aromatic nitrogens is 1. The van der Waals surface area contributed by atoms with E-state index in [4.69, 9.17) is 0 Å². The van der Waals surface area contributed by atoms with Crippen LogP contribution in [0.15, 0.2) is 79.2 Å². The number of hydrogen-bond acceptors (Lipinski definition) is 1. The van der Waals surface area contributed by atoms with Crippen molar-refractivity contribution in [1.29, 1.82) is 0 Å². The van der Waals surface area contributed by atoms with Crippen molar-refractivity contribution >= 4 is 5.91 Å². The van der Waals surface area contributed by atoms with E-state index in [9.17, 15) is 4.79 Å². The number of nitrogens with zero attached hydrogens (tertiary/aromatic N) is 2. The van der Waals surface area contributed by atoms with E-state index in [0.29, 0.717) is 6.54 Å². The van der Waals surface area contributed by atoms with Gasteiger partial charge in [-0.05, 0) is 61.5 Å². The van der Waals surface area contributed by atoms with Gasteiger partial charge in [0.15, 0.2) is 0 Å². The lowest BCUT2D eigenvalue weighted by molar-refractivity contribution is 0.0811. The average Bonchev–Trinajstić information content (AvgIpc) is 3.33. The number of hydrogen-bond donors (Lipinski definition) is 0. The van der Waals surface area contributed by atoms with Crippen molar-refractivity contribution in [2.45, 2.75) is 32.2 Å². The van der Waals surface area contributed by atoms with Crippen molar-refractivity contribution in [1.82, 2.24) is 9.47 Å². The van der Waals surface area contributed by atoms with Crippen LogP contribution in [0.4, 0.5) is 0 Å². The van der Waals surface area contributed by atoms with Gasteiger partial charge in [-0.2, -0.15) is 0 Å². The summed E-state index contributed by atoms with van der Waals surface area (Å²) in [6.07, 6.45) is 18.4. The molecule has 0 aromatic carbocycles. The molecule has 1 heterocycles. The number of carbonyl (C=O) groups excluding carboxylic acids is 1. The zero-order valence-corrected chi connectivity index (χ0v) is 14.7. The minimum Gasteiger partial charge on any atom is -0.343 e. The maximum Gasteiger partial charge on any atom is 0.275 e. The molecule has 0 aliphatic heterocycles. The Morgan fingerprint density at radius 1 is 1.32 bits per heavy atom. The first-order valence-electron chi connectivity index (χ1n) is 9.00. The van der Waals surface area contributed by atoms with E-state index >= 15 is 0 Å². The van der Waals surface area contributed by atoms with E-state index in [1.807, 2.05) is 24.4 Å². The van der Waals surface area contributed by atoms with Gasteiger partial charge in [0.2, 0.25) is 0 Å². The lowest BCUT2D eigenvalue weighted by Crippen LogP contribution is -2.33. The van der Waals surface area contributed by atoms with Crippen molar-refractivity contribution in [3.05, 3.63) is 84.9 Å². The summed E-state index contributed by atoms with van der Waals surface area (Å²) in [5.74, 6) is 0.734. The van der Waals surface area contributed by atoms with Gasteiger partial charge in [0.05, 0.1) is 6.54 Å². The first-order chi connectivity index (χ1) is 12.2. The minimum absolute atomic E-state index is 0.0125. The lowest BCUT2D eigenvalue weighted by Gasteiger charge is -2.25. The Balaban J connectivity index is 1.88. The Kier molecular flexibility index (Phi) is 5.54. The highest BCUT2D eigenvalue weighted by atomic mass is 16.2. The topological polar surface area (TPSA) is 25.2 Å². The highest BCUT2D eigenvalue weighted by Crippen LogP contribution is 2.31. The molecular formula is C22H26N2O. The van der Waals surface area contributed by atoms with Crippen LogP contribution in [0.3, 0.4) is 0 Å². The Morgan fingerprint density at radius 3 is 2.80 bits per heavy atom. The fraction of sp³-hybridized carbons (Fsp3) is 0.318. The zero-order valence-electron chi connectivity index (χ0n) is 14.7. The summed E-state index contributed by atoms with van der Waals surface area (Å²) in [6.45, 7) is 9.13. The Hall–Kier alpha value is -2.55. The number of allylic oxidation sites excluding steroid dienone is 5. The van der Waals surface area contributed by atoms with Gasteiger partial charge in [-0.3, -0.25) is 4.79 Å². The van der Waals surface area contributed by atoms with E-state index in [2.05, 4.69) is 36.0 Å². The van der Waals surface area contributed by atoms with E-state index in [1.54, 1.807) is 17.1 Å². The van der Waals surface area contributed by atoms with Gasteiger partial charge in [-0.15, -0.1) is 0 Å². The molecule has 0 unspecified atom stereocenters. The van der Waals surface area contributed by atoms with Crippen molar-refractivity contribution in [3.8, 4) is 0 Å². The maximum absolute atomic E-state index is 13.3. The van der Waals surface area contributed by atoms with Crippen molar-refractivity contribution in [2.24, 2.45) is 5.92 Å². The van der Waals surface area contributed by atoms with Crippen LogP contribution in [0.25, 0.3) is 0 Å². The maximum atomic E-state index is 13.3. The lowest BCUT2D eigenvalue weighted by atomic mass is 10.1. The van der Waals surface area contributed by atoms with Crippen LogP contribution in [0.5, 0.6) is 0 Å². The molecule has 1 saturated carbocycles. The van der Waals surface area contributed by atoms with Gasteiger partial charge in [0.25, 0.3) is 5.91 Å². The standard InChI is InChI=1S/C22H26N2O/c1-3-9-20(4-2)24(17-18-10-6-5-7-11-18)22(25)21-12-8-15-23(21)16-19-13-14-19/h3-4,6,8-12,15,19H,1-2,5,7,13-14,16-17H2/b20-9+. The van der Waals surface area contributed by atoms with Crippen LogP contribution in [0.2, 0.25) is 0 Å². The van der Waals surface area contributed by atoms with Gasteiger partial charge in [-0.1, -0.05) is 37.5 Å². The van der Waals surface area contributed by atoms with E-state index in [-0.39, 0.29) is 5.91 Å². The first-order valence-corrected chi connectivity index (χ1v) is 9.00. The smallest absolute Gasteiger partial charge is 0.275 e. The summed E-state index contributed by atoms with van der Waals surface area (Å²) < 4.78 is 2.09. The van der Waals surface area contributed by atoms with Crippen LogP contribution in [0, 0.1) is 5.92 Å². The summed E-state index contributed by atoms with van der Waals surface area (Å²) in [5, 5.41) is 0. The molecule has 0 N–H and O–H groups in total. The van der Waals surface area contributed by atoms with Crippen LogP contribution in [-0.2, 0) is 6.54 Å². The predicted octanol–water partition coefficient (Wildman–Crippen LogP) is 4.87. The third-order valence-corrected chi connectivity index (χ3v) is 4.67. The second-order valence-electron chi connectivity index (χ2n) is 6.67. The molecular weight excluding hydrogens is 308 g/mol. The highest BCUT2D eigenvalue weighted by Gasteiger charge is 2.26. The van der Waals surface area contributed by atoms with Crippen LogP contribution < -0.4 is 0 Å². The molecule has 0 spiro atoms. The van der Waals surface area contributed by atoms with Crippen molar-refractivity contribution < 1.29 is 4.79 Å². The van der Waals surface area contributed by atoms with Crippen LogP contribution in [0.1, 0.15) is 36.2 Å².